The first-order chi connectivity index (χ1) is 19.4. The van der Waals surface area contributed by atoms with E-state index in [9.17, 15) is 19.8 Å². The molecule has 1 aliphatic heterocycles. The number of ether oxygens (including phenoxy) is 1. The van der Waals surface area contributed by atoms with Gasteiger partial charge in [-0.3, -0.25) is 9.59 Å². The summed E-state index contributed by atoms with van der Waals surface area (Å²) in [6.07, 6.45) is 12.5. The van der Waals surface area contributed by atoms with Crippen LogP contribution in [0.25, 0.3) is 0 Å². The summed E-state index contributed by atoms with van der Waals surface area (Å²) in [5.74, 6) is 2.25. The van der Waals surface area contributed by atoms with Crippen LogP contribution in [-0.2, 0) is 9.59 Å². The Balaban J connectivity index is 1.34. The zero-order valence-electron chi connectivity index (χ0n) is 23.5. The van der Waals surface area contributed by atoms with Crippen molar-refractivity contribution in [1.82, 2.24) is 10.2 Å². The van der Waals surface area contributed by atoms with E-state index in [0.717, 1.165) is 61.8 Å². The Kier molecular flexibility index (Phi) is 7.79. The second-order valence-corrected chi connectivity index (χ2v) is 13.2. The van der Waals surface area contributed by atoms with Crippen LogP contribution < -0.4 is 10.1 Å². The van der Waals surface area contributed by atoms with Gasteiger partial charge in [0.05, 0.1) is 18.6 Å². The van der Waals surface area contributed by atoms with Crippen molar-refractivity contribution in [3.8, 4) is 5.75 Å². The zero-order valence-corrected chi connectivity index (χ0v) is 23.5. The van der Waals surface area contributed by atoms with Crippen LogP contribution >= 0.6 is 0 Å². The number of hydrogen-bond acceptors (Lipinski definition) is 5. The predicted molar refractivity (Wildman–Crippen MR) is 153 cm³/mol. The van der Waals surface area contributed by atoms with Crippen LogP contribution in [-0.4, -0.2) is 64.9 Å². The molecule has 0 aromatic heterocycles. The van der Waals surface area contributed by atoms with Crippen molar-refractivity contribution < 1.29 is 24.5 Å². The van der Waals surface area contributed by atoms with Gasteiger partial charge in [-0.1, -0.05) is 24.3 Å². The molecule has 4 bridgehead atoms. The molecule has 1 aromatic carbocycles. The van der Waals surface area contributed by atoms with Crippen molar-refractivity contribution in [3.63, 3.8) is 0 Å². The third kappa shape index (κ3) is 5.11. The van der Waals surface area contributed by atoms with Gasteiger partial charge < -0.3 is 25.2 Å². The van der Waals surface area contributed by atoms with Crippen LogP contribution in [0.3, 0.4) is 0 Å². The molecule has 7 nitrogen and oxygen atoms in total. The van der Waals surface area contributed by atoms with E-state index in [-0.39, 0.29) is 30.4 Å². The topological polar surface area (TPSA) is 99.1 Å². The number of carbonyl (C=O) groups excluding carboxylic acids is 2. The smallest absolute Gasteiger partial charge is 0.247 e. The molecule has 1 aromatic rings. The molecule has 0 spiro atoms. The van der Waals surface area contributed by atoms with Gasteiger partial charge in [0.1, 0.15) is 18.0 Å². The number of allylic oxidation sites excluding steroid dienone is 1. The van der Waals surface area contributed by atoms with E-state index in [1.165, 1.54) is 19.3 Å². The molecular formula is C33H44N2O5. The molecule has 3 N–H and O–H groups in total. The minimum absolute atomic E-state index is 0.0455. The first kappa shape index (κ1) is 27.5. The Morgan fingerprint density at radius 2 is 1.80 bits per heavy atom. The maximum absolute atomic E-state index is 14.0. The first-order valence-electron chi connectivity index (χ1n) is 15.4. The number of nitrogens with one attached hydrogen (secondary N) is 1. The van der Waals surface area contributed by atoms with Crippen molar-refractivity contribution in [3.05, 3.63) is 54.1 Å². The lowest BCUT2D eigenvalue weighted by molar-refractivity contribution is -0.145. The van der Waals surface area contributed by atoms with Crippen LogP contribution in [0.1, 0.15) is 75.7 Å². The number of aliphatic hydroxyl groups excluding tert-OH is 2. The molecule has 6 aliphatic rings. The third-order valence-corrected chi connectivity index (χ3v) is 10.3. The lowest BCUT2D eigenvalue weighted by Crippen LogP contribution is -2.59. The zero-order chi connectivity index (χ0) is 27.9. The van der Waals surface area contributed by atoms with Crippen LogP contribution in [0.15, 0.2) is 48.6 Å². The van der Waals surface area contributed by atoms with Gasteiger partial charge in [0, 0.05) is 30.6 Å². The standard InChI is InChI=1S/C33H44N2O5/c1-2-3-4-5-10-28(37)35(20-33-17-21-13-22(18-33)15-23(14-21)19-33)26-16-25(32(39)34-11-12-36)29-24-8-6-7-9-27(24)40-31(29)30(26)38/h2,6-9,16,21-23,26,29-31,36,38H,1,3-5,10-15,17-20H2,(H,34,39)/t21?,22?,23?,26-,29+,30+,31+,33?/m1/s1. The highest BCUT2D eigenvalue weighted by Crippen LogP contribution is 2.60. The van der Waals surface area contributed by atoms with Gasteiger partial charge in [0.15, 0.2) is 0 Å². The number of hydrogen-bond donors (Lipinski definition) is 3. The lowest BCUT2D eigenvalue weighted by Gasteiger charge is -2.58. The van der Waals surface area contributed by atoms with Crippen molar-refractivity contribution >= 4 is 11.8 Å². The summed E-state index contributed by atoms with van der Waals surface area (Å²) in [4.78, 5) is 29.4. The van der Waals surface area contributed by atoms with Crippen LogP contribution in [0, 0.1) is 23.2 Å². The predicted octanol–water partition coefficient (Wildman–Crippen LogP) is 4.10. The van der Waals surface area contributed by atoms with Crippen LogP contribution in [0.4, 0.5) is 0 Å². The van der Waals surface area contributed by atoms with Gasteiger partial charge in [-0.2, -0.15) is 0 Å². The highest BCUT2D eigenvalue weighted by molar-refractivity contribution is 5.96. The van der Waals surface area contributed by atoms with Gasteiger partial charge in [0.2, 0.25) is 11.8 Å². The van der Waals surface area contributed by atoms with E-state index in [1.807, 2.05) is 41.3 Å². The molecular weight excluding hydrogens is 504 g/mol. The fraction of sp³-hybridized carbons (Fsp3) is 0.636. The lowest BCUT2D eigenvalue weighted by atomic mass is 9.49. The number of benzene rings is 1. The summed E-state index contributed by atoms with van der Waals surface area (Å²) >= 11 is 0. The fourth-order valence-corrected chi connectivity index (χ4v) is 9.10. The Labute approximate surface area is 237 Å². The summed E-state index contributed by atoms with van der Waals surface area (Å²) in [5, 5.41) is 24.1. The summed E-state index contributed by atoms with van der Waals surface area (Å²) in [6, 6.07) is 6.97. The van der Waals surface area contributed by atoms with Crippen LogP contribution in [0.5, 0.6) is 5.75 Å². The Morgan fingerprint density at radius 1 is 1.10 bits per heavy atom. The normalized spacial score (nSPS) is 34.9. The molecule has 0 saturated heterocycles. The highest BCUT2D eigenvalue weighted by Gasteiger charge is 2.55. The van der Waals surface area contributed by atoms with Gasteiger partial charge >= 0.3 is 0 Å². The van der Waals surface area contributed by atoms with Gasteiger partial charge in [0.25, 0.3) is 0 Å². The molecule has 216 valence electrons. The van der Waals surface area contributed by atoms with E-state index in [1.54, 1.807) is 0 Å². The average Bonchev–Trinajstić information content (AvgIpc) is 3.33. The fourth-order valence-electron chi connectivity index (χ4n) is 9.10. The molecule has 4 atom stereocenters. The van der Waals surface area contributed by atoms with Crippen molar-refractivity contribution in [2.75, 3.05) is 19.7 Å². The van der Waals surface area contributed by atoms with E-state index in [0.29, 0.717) is 24.3 Å². The first-order valence-corrected chi connectivity index (χ1v) is 15.4. The molecule has 2 amide bonds. The molecule has 7 rings (SSSR count). The number of nitrogens with zero attached hydrogens (tertiary/aromatic N) is 1. The number of fused-ring (bicyclic) bond motifs is 3. The number of aliphatic hydroxyl groups is 2. The largest absolute Gasteiger partial charge is 0.486 e. The van der Waals surface area contributed by atoms with Crippen molar-refractivity contribution in [2.45, 2.75) is 88.4 Å². The molecule has 1 heterocycles. The van der Waals surface area contributed by atoms with E-state index in [4.69, 9.17) is 4.74 Å². The Morgan fingerprint density at radius 3 is 2.48 bits per heavy atom. The maximum Gasteiger partial charge on any atom is 0.247 e. The molecule has 4 saturated carbocycles. The highest BCUT2D eigenvalue weighted by atomic mass is 16.5. The molecule has 40 heavy (non-hydrogen) atoms. The number of unbranched alkanes of at least 4 members (excludes halogenated alkanes) is 2. The summed E-state index contributed by atoms with van der Waals surface area (Å²) in [6.45, 7) is 4.42. The summed E-state index contributed by atoms with van der Waals surface area (Å²) < 4.78 is 6.31. The minimum Gasteiger partial charge on any atom is -0.486 e. The monoisotopic (exact) mass is 548 g/mol. The van der Waals surface area contributed by atoms with Crippen molar-refractivity contribution in [1.29, 1.82) is 0 Å². The van der Waals surface area contributed by atoms with Gasteiger partial charge in [-0.15, -0.1) is 6.58 Å². The second kappa shape index (κ2) is 11.3. The van der Waals surface area contributed by atoms with E-state index < -0.39 is 24.2 Å². The molecule has 4 fully saturated rings. The van der Waals surface area contributed by atoms with Crippen molar-refractivity contribution in [2.24, 2.45) is 23.2 Å². The summed E-state index contributed by atoms with van der Waals surface area (Å²) in [5.41, 5.74) is 1.47. The quantitative estimate of drug-likeness (QED) is 0.286. The average molecular weight is 549 g/mol. The number of rotatable bonds is 11. The van der Waals surface area contributed by atoms with Gasteiger partial charge in [-0.25, -0.2) is 0 Å². The SMILES string of the molecule is C=CCCCCC(=O)N(CC12CC3CC(CC(C3)C1)C2)[C@@H]1C=C(C(=O)NCCO)[C@@H]2c3ccccc3O[C@@H]2[C@H]1O. The van der Waals surface area contributed by atoms with Crippen LogP contribution in [0.2, 0.25) is 0 Å². The maximum atomic E-state index is 14.0. The minimum atomic E-state index is -0.960. The molecule has 0 radical (unpaired) electrons. The number of amides is 2. The van der Waals surface area contributed by atoms with E-state index in [2.05, 4.69) is 11.9 Å². The molecule has 5 aliphatic carbocycles. The second-order valence-electron chi connectivity index (χ2n) is 13.2. The third-order valence-electron chi connectivity index (χ3n) is 10.3. The number of carbonyl (C=O) groups is 2. The van der Waals surface area contributed by atoms with Gasteiger partial charge in [-0.05, 0) is 93.1 Å². The van der Waals surface area contributed by atoms with E-state index >= 15 is 0 Å². The summed E-state index contributed by atoms with van der Waals surface area (Å²) in [7, 11) is 0. The Hall–Kier alpha value is -2.64. The molecule has 0 unspecified atom stereocenters. The number of para-hydroxylation sites is 1. The molecule has 7 heteroatoms. The Bertz CT molecular complexity index is 1130.